The van der Waals surface area contributed by atoms with Gasteiger partial charge in [-0.25, -0.2) is 4.39 Å². The van der Waals surface area contributed by atoms with Crippen LogP contribution in [0.1, 0.15) is 30.7 Å². The molecule has 4 rings (SSSR count). The minimum atomic E-state index is -0.414. The third kappa shape index (κ3) is 2.98. The standard InChI is InChI=1S/C20H18FN3O2/c1-2-13-7-9-15(10-8-13)24-12-14(11-18(24)25)19-22-20(26-23-19)16-5-3-4-6-17(16)21/h3-10,14H,2,11-12H2,1H3. The smallest absolute Gasteiger partial charge is 0.260 e. The molecule has 26 heavy (non-hydrogen) atoms. The fourth-order valence-electron chi connectivity index (χ4n) is 3.19. The van der Waals surface area contributed by atoms with Crippen molar-refractivity contribution in [1.29, 1.82) is 0 Å². The summed E-state index contributed by atoms with van der Waals surface area (Å²) in [5, 5.41) is 3.97. The third-order valence-electron chi connectivity index (χ3n) is 4.69. The summed E-state index contributed by atoms with van der Waals surface area (Å²) in [6.07, 6.45) is 1.27. The molecule has 1 atom stereocenters. The van der Waals surface area contributed by atoms with Crippen LogP contribution in [0.5, 0.6) is 0 Å². The van der Waals surface area contributed by atoms with Gasteiger partial charge in [-0.3, -0.25) is 4.79 Å². The molecule has 1 amide bonds. The maximum absolute atomic E-state index is 13.9. The van der Waals surface area contributed by atoms with Gasteiger partial charge in [0.05, 0.1) is 5.56 Å². The van der Waals surface area contributed by atoms with Gasteiger partial charge in [-0.2, -0.15) is 4.98 Å². The number of carbonyl (C=O) groups excluding carboxylic acids is 1. The van der Waals surface area contributed by atoms with Gasteiger partial charge in [0, 0.05) is 24.6 Å². The van der Waals surface area contributed by atoms with Crippen molar-refractivity contribution >= 4 is 11.6 Å². The summed E-state index contributed by atoms with van der Waals surface area (Å²) < 4.78 is 19.1. The van der Waals surface area contributed by atoms with Gasteiger partial charge in [-0.15, -0.1) is 0 Å². The van der Waals surface area contributed by atoms with Gasteiger partial charge < -0.3 is 9.42 Å². The van der Waals surface area contributed by atoms with Gasteiger partial charge in [0.2, 0.25) is 5.91 Å². The Labute approximate surface area is 150 Å². The summed E-state index contributed by atoms with van der Waals surface area (Å²) in [5.41, 5.74) is 2.36. The van der Waals surface area contributed by atoms with Gasteiger partial charge >= 0.3 is 0 Å². The monoisotopic (exact) mass is 351 g/mol. The molecule has 1 aliphatic rings. The van der Waals surface area contributed by atoms with Crippen LogP contribution in [0.2, 0.25) is 0 Å². The zero-order valence-corrected chi connectivity index (χ0v) is 14.4. The Morgan fingerprint density at radius 3 is 2.69 bits per heavy atom. The lowest BCUT2D eigenvalue weighted by molar-refractivity contribution is -0.117. The Bertz CT molecular complexity index is 936. The number of aryl methyl sites for hydroxylation is 1. The van der Waals surface area contributed by atoms with E-state index in [2.05, 4.69) is 17.1 Å². The van der Waals surface area contributed by atoms with Crippen LogP contribution < -0.4 is 4.90 Å². The molecule has 0 aliphatic carbocycles. The number of hydrogen-bond donors (Lipinski definition) is 0. The largest absolute Gasteiger partial charge is 0.334 e. The maximum atomic E-state index is 13.9. The number of benzene rings is 2. The lowest BCUT2D eigenvalue weighted by atomic mass is 10.1. The number of amides is 1. The fraction of sp³-hybridized carbons (Fsp3) is 0.250. The van der Waals surface area contributed by atoms with Crippen molar-refractivity contribution in [3.8, 4) is 11.5 Å². The molecule has 1 aromatic heterocycles. The average Bonchev–Trinajstić information content (AvgIpc) is 3.29. The molecule has 3 aromatic rings. The number of aromatic nitrogens is 2. The van der Waals surface area contributed by atoms with E-state index in [1.54, 1.807) is 23.1 Å². The second-order valence-corrected chi connectivity index (χ2v) is 6.36. The van der Waals surface area contributed by atoms with E-state index in [0.29, 0.717) is 18.8 Å². The second kappa shape index (κ2) is 6.71. The highest BCUT2D eigenvalue weighted by Gasteiger charge is 2.34. The summed E-state index contributed by atoms with van der Waals surface area (Å²) >= 11 is 0. The van der Waals surface area contributed by atoms with Crippen LogP contribution >= 0.6 is 0 Å². The van der Waals surface area contributed by atoms with Gasteiger partial charge in [0.25, 0.3) is 5.89 Å². The number of halogens is 1. The quantitative estimate of drug-likeness (QED) is 0.714. The van der Waals surface area contributed by atoms with Crippen molar-refractivity contribution in [2.24, 2.45) is 0 Å². The summed E-state index contributed by atoms with van der Waals surface area (Å²) in [6, 6.07) is 14.2. The van der Waals surface area contributed by atoms with Crippen molar-refractivity contribution in [2.75, 3.05) is 11.4 Å². The summed E-state index contributed by atoms with van der Waals surface area (Å²) in [5.74, 6) is 0.0116. The van der Waals surface area contributed by atoms with Crippen LogP contribution in [-0.2, 0) is 11.2 Å². The number of nitrogens with zero attached hydrogens (tertiary/aromatic N) is 3. The van der Waals surface area contributed by atoms with Crippen LogP contribution in [0.3, 0.4) is 0 Å². The van der Waals surface area contributed by atoms with Gasteiger partial charge in [-0.05, 0) is 36.2 Å². The highest BCUT2D eigenvalue weighted by molar-refractivity contribution is 5.96. The van der Waals surface area contributed by atoms with Crippen molar-refractivity contribution in [3.05, 3.63) is 65.7 Å². The zero-order chi connectivity index (χ0) is 18.1. The molecule has 1 fully saturated rings. The molecular formula is C20H18FN3O2. The van der Waals surface area contributed by atoms with Gasteiger partial charge in [0.1, 0.15) is 5.82 Å². The molecule has 0 radical (unpaired) electrons. The minimum absolute atomic E-state index is 0.0245. The molecule has 0 bridgehead atoms. The molecule has 1 unspecified atom stereocenters. The van der Waals surface area contributed by atoms with Crippen molar-refractivity contribution in [2.45, 2.75) is 25.7 Å². The number of rotatable bonds is 4. The fourth-order valence-corrected chi connectivity index (χ4v) is 3.19. The van der Waals surface area contributed by atoms with E-state index in [1.165, 1.54) is 11.6 Å². The van der Waals surface area contributed by atoms with Crippen LogP contribution in [0.25, 0.3) is 11.5 Å². The van der Waals surface area contributed by atoms with Crippen LogP contribution in [-0.4, -0.2) is 22.6 Å². The third-order valence-corrected chi connectivity index (χ3v) is 4.69. The first-order valence-electron chi connectivity index (χ1n) is 8.63. The normalized spacial score (nSPS) is 17.1. The Morgan fingerprint density at radius 1 is 1.19 bits per heavy atom. The molecule has 132 valence electrons. The Kier molecular flexibility index (Phi) is 4.24. The molecule has 6 heteroatoms. The van der Waals surface area contributed by atoms with E-state index >= 15 is 0 Å². The predicted octanol–water partition coefficient (Wildman–Crippen LogP) is 3.96. The first kappa shape index (κ1) is 16.4. The number of anilines is 1. The van der Waals surface area contributed by atoms with Crippen molar-refractivity contribution in [3.63, 3.8) is 0 Å². The molecule has 2 aromatic carbocycles. The van der Waals surface area contributed by atoms with Gasteiger partial charge in [-0.1, -0.05) is 36.3 Å². The van der Waals surface area contributed by atoms with E-state index in [0.717, 1.165) is 12.1 Å². The molecule has 0 saturated carbocycles. The lowest BCUT2D eigenvalue weighted by Crippen LogP contribution is -2.24. The van der Waals surface area contributed by atoms with E-state index in [1.807, 2.05) is 24.3 Å². The second-order valence-electron chi connectivity index (χ2n) is 6.36. The van der Waals surface area contributed by atoms with Crippen LogP contribution in [0, 0.1) is 5.82 Å². The van der Waals surface area contributed by atoms with E-state index in [9.17, 15) is 9.18 Å². The maximum Gasteiger partial charge on any atom is 0.260 e. The van der Waals surface area contributed by atoms with Gasteiger partial charge in [0.15, 0.2) is 5.82 Å². The molecule has 0 spiro atoms. The highest BCUT2D eigenvalue weighted by Crippen LogP contribution is 2.32. The molecule has 1 saturated heterocycles. The molecule has 0 N–H and O–H groups in total. The highest BCUT2D eigenvalue weighted by atomic mass is 19.1. The molecular weight excluding hydrogens is 333 g/mol. The summed E-state index contributed by atoms with van der Waals surface area (Å²) in [4.78, 5) is 18.5. The molecule has 1 aliphatic heterocycles. The van der Waals surface area contributed by atoms with E-state index in [-0.39, 0.29) is 23.3 Å². The SMILES string of the molecule is CCc1ccc(N2CC(c3noc(-c4ccccc4F)n3)CC2=O)cc1. The first-order chi connectivity index (χ1) is 12.7. The minimum Gasteiger partial charge on any atom is -0.334 e. The van der Waals surface area contributed by atoms with E-state index in [4.69, 9.17) is 4.52 Å². The van der Waals surface area contributed by atoms with E-state index < -0.39 is 5.82 Å². The Balaban J connectivity index is 1.55. The number of carbonyl (C=O) groups is 1. The predicted molar refractivity (Wildman–Crippen MR) is 95.2 cm³/mol. The first-order valence-corrected chi connectivity index (χ1v) is 8.63. The average molecular weight is 351 g/mol. The summed E-state index contributed by atoms with van der Waals surface area (Å²) in [6.45, 7) is 2.58. The molecule has 5 nitrogen and oxygen atoms in total. The van der Waals surface area contributed by atoms with Crippen molar-refractivity contribution < 1.29 is 13.7 Å². The van der Waals surface area contributed by atoms with Crippen LogP contribution in [0.4, 0.5) is 10.1 Å². The number of hydrogen-bond acceptors (Lipinski definition) is 4. The van der Waals surface area contributed by atoms with Crippen molar-refractivity contribution in [1.82, 2.24) is 10.1 Å². The topological polar surface area (TPSA) is 59.2 Å². The Hall–Kier alpha value is -3.02. The Morgan fingerprint density at radius 2 is 1.96 bits per heavy atom. The molecule has 2 heterocycles. The van der Waals surface area contributed by atoms with Crippen LogP contribution in [0.15, 0.2) is 53.1 Å². The summed E-state index contributed by atoms with van der Waals surface area (Å²) in [7, 11) is 0. The lowest BCUT2D eigenvalue weighted by Gasteiger charge is -2.16. The zero-order valence-electron chi connectivity index (χ0n) is 14.4.